The Morgan fingerprint density at radius 1 is 1.32 bits per heavy atom. The van der Waals surface area contributed by atoms with E-state index in [-0.39, 0.29) is 0 Å². The molecule has 0 bridgehead atoms. The zero-order valence-electron chi connectivity index (χ0n) is 11.9. The van der Waals surface area contributed by atoms with Crippen molar-refractivity contribution in [3.8, 4) is 5.75 Å². The van der Waals surface area contributed by atoms with Gasteiger partial charge in [-0.15, -0.1) is 0 Å². The van der Waals surface area contributed by atoms with Gasteiger partial charge >= 0.3 is 0 Å². The molecule has 1 aromatic rings. The van der Waals surface area contributed by atoms with Gasteiger partial charge < -0.3 is 9.64 Å². The number of methoxy groups -OCH3 is 1. The smallest absolute Gasteiger partial charge is 0.222 e. The van der Waals surface area contributed by atoms with Gasteiger partial charge in [0.05, 0.1) is 7.11 Å². The number of piperidine rings is 1. The van der Waals surface area contributed by atoms with Gasteiger partial charge in [-0.1, -0.05) is 25.1 Å². The molecule has 1 aliphatic heterocycles. The summed E-state index contributed by atoms with van der Waals surface area (Å²) in [5.41, 5.74) is 1.28. The fraction of sp³-hybridized carbons (Fsp3) is 0.562. The molecular formula is C16H23NO2. The van der Waals surface area contributed by atoms with Crippen LogP contribution in [0.25, 0.3) is 0 Å². The second-order valence-corrected chi connectivity index (χ2v) is 5.15. The molecule has 1 aliphatic rings. The van der Waals surface area contributed by atoms with E-state index in [0.29, 0.717) is 18.2 Å². The molecule has 1 aromatic carbocycles. The van der Waals surface area contributed by atoms with E-state index in [9.17, 15) is 4.79 Å². The quantitative estimate of drug-likeness (QED) is 0.833. The Kier molecular flexibility index (Phi) is 4.83. The fourth-order valence-corrected chi connectivity index (χ4v) is 2.82. The molecule has 0 radical (unpaired) electrons. The number of benzene rings is 1. The molecule has 2 rings (SSSR count). The van der Waals surface area contributed by atoms with Crippen LogP contribution in [0.3, 0.4) is 0 Å². The Morgan fingerprint density at radius 2 is 2.00 bits per heavy atom. The molecule has 1 fully saturated rings. The molecule has 1 saturated heterocycles. The molecule has 19 heavy (non-hydrogen) atoms. The number of rotatable bonds is 4. The Bertz CT molecular complexity index is 423. The summed E-state index contributed by atoms with van der Waals surface area (Å²) >= 11 is 0. The van der Waals surface area contributed by atoms with Crippen molar-refractivity contribution in [1.82, 2.24) is 4.90 Å². The predicted octanol–water partition coefficient (Wildman–Crippen LogP) is 3.20. The SMILES string of the molecule is CCCC(=O)N1CCC(c2ccccc2OC)CC1. The highest BCUT2D eigenvalue weighted by Gasteiger charge is 2.24. The predicted molar refractivity (Wildman–Crippen MR) is 76.5 cm³/mol. The van der Waals surface area contributed by atoms with Crippen molar-refractivity contribution in [2.75, 3.05) is 20.2 Å². The number of hydrogen-bond acceptors (Lipinski definition) is 2. The van der Waals surface area contributed by atoms with Crippen LogP contribution in [0, 0.1) is 0 Å². The van der Waals surface area contributed by atoms with Crippen LogP contribution in [0.2, 0.25) is 0 Å². The largest absolute Gasteiger partial charge is 0.496 e. The monoisotopic (exact) mass is 261 g/mol. The van der Waals surface area contributed by atoms with Crippen molar-refractivity contribution in [2.45, 2.75) is 38.5 Å². The molecule has 1 amide bonds. The van der Waals surface area contributed by atoms with Gasteiger partial charge in [-0.25, -0.2) is 0 Å². The summed E-state index contributed by atoms with van der Waals surface area (Å²) in [6.07, 6.45) is 3.69. The molecule has 0 aromatic heterocycles. The van der Waals surface area contributed by atoms with Gasteiger partial charge in [-0.2, -0.15) is 0 Å². The lowest BCUT2D eigenvalue weighted by Crippen LogP contribution is -2.37. The molecule has 0 aliphatic carbocycles. The first-order valence-electron chi connectivity index (χ1n) is 7.17. The second kappa shape index (κ2) is 6.60. The molecule has 3 nitrogen and oxygen atoms in total. The number of likely N-dealkylation sites (tertiary alicyclic amines) is 1. The van der Waals surface area contributed by atoms with Crippen LogP contribution >= 0.6 is 0 Å². The van der Waals surface area contributed by atoms with E-state index in [2.05, 4.69) is 19.1 Å². The topological polar surface area (TPSA) is 29.5 Å². The van der Waals surface area contributed by atoms with E-state index in [0.717, 1.165) is 38.1 Å². The maximum Gasteiger partial charge on any atom is 0.222 e. The average molecular weight is 261 g/mol. The van der Waals surface area contributed by atoms with Crippen molar-refractivity contribution >= 4 is 5.91 Å². The standard InChI is InChI=1S/C16H23NO2/c1-3-6-16(18)17-11-9-13(10-12-17)14-7-4-5-8-15(14)19-2/h4-5,7-8,13H,3,6,9-12H2,1-2H3. The van der Waals surface area contributed by atoms with Crippen LogP contribution in [-0.2, 0) is 4.79 Å². The minimum atomic E-state index is 0.306. The van der Waals surface area contributed by atoms with Gasteiger partial charge in [-0.05, 0) is 36.8 Å². The molecule has 0 N–H and O–H groups in total. The lowest BCUT2D eigenvalue weighted by atomic mass is 9.88. The molecule has 0 spiro atoms. The van der Waals surface area contributed by atoms with E-state index in [1.807, 2.05) is 17.0 Å². The Labute approximate surface area is 115 Å². The first kappa shape index (κ1) is 13.9. The summed E-state index contributed by atoms with van der Waals surface area (Å²) in [7, 11) is 1.72. The third-order valence-corrected chi connectivity index (χ3v) is 3.89. The van der Waals surface area contributed by atoms with Gasteiger partial charge in [0.25, 0.3) is 0 Å². The zero-order valence-corrected chi connectivity index (χ0v) is 11.9. The summed E-state index contributed by atoms with van der Waals surface area (Å²) < 4.78 is 5.43. The summed E-state index contributed by atoms with van der Waals surface area (Å²) in [4.78, 5) is 13.9. The first-order chi connectivity index (χ1) is 9.26. The van der Waals surface area contributed by atoms with E-state index in [1.165, 1.54) is 5.56 Å². The van der Waals surface area contributed by atoms with Crippen LogP contribution < -0.4 is 4.74 Å². The summed E-state index contributed by atoms with van der Waals surface area (Å²) in [5.74, 6) is 1.80. The lowest BCUT2D eigenvalue weighted by Gasteiger charge is -2.32. The van der Waals surface area contributed by atoms with Crippen LogP contribution in [0.5, 0.6) is 5.75 Å². The van der Waals surface area contributed by atoms with Crippen molar-refractivity contribution < 1.29 is 9.53 Å². The third-order valence-electron chi connectivity index (χ3n) is 3.89. The van der Waals surface area contributed by atoms with Gasteiger partial charge in [0, 0.05) is 19.5 Å². The molecule has 0 atom stereocenters. The highest BCUT2D eigenvalue weighted by molar-refractivity contribution is 5.76. The van der Waals surface area contributed by atoms with Crippen LogP contribution in [0.15, 0.2) is 24.3 Å². The van der Waals surface area contributed by atoms with Crippen molar-refractivity contribution in [3.63, 3.8) is 0 Å². The summed E-state index contributed by atoms with van der Waals surface area (Å²) in [6, 6.07) is 8.23. The Morgan fingerprint density at radius 3 is 2.63 bits per heavy atom. The number of amides is 1. The second-order valence-electron chi connectivity index (χ2n) is 5.15. The number of hydrogen-bond donors (Lipinski definition) is 0. The lowest BCUT2D eigenvalue weighted by molar-refractivity contribution is -0.132. The maximum atomic E-state index is 11.9. The Hall–Kier alpha value is -1.51. The van der Waals surface area contributed by atoms with E-state index in [4.69, 9.17) is 4.74 Å². The van der Waals surface area contributed by atoms with E-state index in [1.54, 1.807) is 7.11 Å². The molecule has 0 unspecified atom stereocenters. The highest BCUT2D eigenvalue weighted by Crippen LogP contribution is 2.34. The molecule has 0 saturated carbocycles. The van der Waals surface area contributed by atoms with Crippen molar-refractivity contribution in [1.29, 1.82) is 0 Å². The van der Waals surface area contributed by atoms with Gasteiger partial charge in [0.2, 0.25) is 5.91 Å². The van der Waals surface area contributed by atoms with Gasteiger partial charge in [0.15, 0.2) is 0 Å². The summed E-state index contributed by atoms with van der Waals surface area (Å²) in [6.45, 7) is 3.81. The van der Waals surface area contributed by atoms with Crippen molar-refractivity contribution in [2.24, 2.45) is 0 Å². The van der Waals surface area contributed by atoms with Crippen LogP contribution in [0.4, 0.5) is 0 Å². The Balaban J connectivity index is 1.98. The van der Waals surface area contributed by atoms with Crippen LogP contribution in [-0.4, -0.2) is 31.0 Å². The molecule has 1 heterocycles. The molecule has 104 valence electrons. The molecular weight excluding hydrogens is 238 g/mol. The number of para-hydroxylation sites is 1. The number of ether oxygens (including phenoxy) is 1. The number of nitrogens with zero attached hydrogens (tertiary/aromatic N) is 1. The first-order valence-corrected chi connectivity index (χ1v) is 7.17. The minimum absolute atomic E-state index is 0.306. The highest BCUT2D eigenvalue weighted by atomic mass is 16.5. The molecule has 3 heteroatoms. The van der Waals surface area contributed by atoms with Gasteiger partial charge in [0.1, 0.15) is 5.75 Å². The summed E-state index contributed by atoms with van der Waals surface area (Å²) in [5, 5.41) is 0. The fourth-order valence-electron chi connectivity index (χ4n) is 2.82. The minimum Gasteiger partial charge on any atom is -0.496 e. The number of carbonyl (C=O) groups is 1. The zero-order chi connectivity index (χ0) is 13.7. The van der Waals surface area contributed by atoms with Crippen LogP contribution in [0.1, 0.15) is 44.1 Å². The number of carbonyl (C=O) groups excluding carboxylic acids is 1. The average Bonchev–Trinajstić information content (AvgIpc) is 2.47. The van der Waals surface area contributed by atoms with Gasteiger partial charge in [-0.3, -0.25) is 4.79 Å². The van der Waals surface area contributed by atoms with E-state index >= 15 is 0 Å². The van der Waals surface area contributed by atoms with E-state index < -0.39 is 0 Å². The maximum absolute atomic E-state index is 11.9. The van der Waals surface area contributed by atoms with Crippen molar-refractivity contribution in [3.05, 3.63) is 29.8 Å². The third kappa shape index (κ3) is 3.28. The normalized spacial score (nSPS) is 16.4.